The second-order valence-corrected chi connectivity index (χ2v) is 3.58. The summed E-state index contributed by atoms with van der Waals surface area (Å²) in [5.41, 5.74) is 5.61. The highest BCUT2D eigenvalue weighted by molar-refractivity contribution is 14.0. The molecule has 17 heavy (non-hydrogen) atoms. The van der Waals surface area contributed by atoms with Gasteiger partial charge >= 0.3 is 5.97 Å². The van der Waals surface area contributed by atoms with Gasteiger partial charge in [0, 0.05) is 19.5 Å². The lowest BCUT2D eigenvalue weighted by molar-refractivity contribution is -0.140. The molecule has 0 fully saturated rings. The molecule has 0 bridgehead atoms. The van der Waals surface area contributed by atoms with Crippen molar-refractivity contribution in [3.8, 4) is 0 Å². The molecule has 0 heterocycles. The average molecular weight is 357 g/mol. The van der Waals surface area contributed by atoms with Crippen molar-refractivity contribution < 1.29 is 9.53 Å². The molecule has 0 aromatic heterocycles. The van der Waals surface area contributed by atoms with Gasteiger partial charge in [-0.3, -0.25) is 9.79 Å². The normalized spacial score (nSPS) is 10.6. The van der Waals surface area contributed by atoms with Crippen molar-refractivity contribution in [2.45, 2.75) is 39.0 Å². The maximum atomic E-state index is 10.8. The predicted molar refractivity (Wildman–Crippen MR) is 80.7 cm³/mol. The Balaban J connectivity index is 0. The number of nitrogens with zero attached hydrogens (tertiary/aromatic N) is 1. The second-order valence-electron chi connectivity index (χ2n) is 3.58. The first-order valence-corrected chi connectivity index (χ1v) is 5.81. The third-order valence-corrected chi connectivity index (χ3v) is 2.10. The third kappa shape index (κ3) is 13.4. The van der Waals surface area contributed by atoms with E-state index in [1.807, 2.05) is 0 Å². The highest BCUT2D eigenvalue weighted by atomic mass is 127. The lowest BCUT2D eigenvalue weighted by atomic mass is 10.2. The quantitative estimate of drug-likeness (QED) is 0.228. The summed E-state index contributed by atoms with van der Waals surface area (Å²) in [6.45, 7) is 3.63. The van der Waals surface area contributed by atoms with Crippen LogP contribution in [0.25, 0.3) is 0 Å². The van der Waals surface area contributed by atoms with Gasteiger partial charge < -0.3 is 15.8 Å². The molecule has 5 nitrogen and oxygen atoms in total. The van der Waals surface area contributed by atoms with Crippen LogP contribution in [0.5, 0.6) is 0 Å². The van der Waals surface area contributed by atoms with E-state index in [1.54, 1.807) is 0 Å². The number of guanidine groups is 1. The van der Waals surface area contributed by atoms with Crippen LogP contribution in [0.4, 0.5) is 0 Å². The van der Waals surface area contributed by atoms with Gasteiger partial charge in [-0.25, -0.2) is 0 Å². The zero-order valence-electron chi connectivity index (χ0n) is 10.7. The Labute approximate surface area is 121 Å². The first-order valence-electron chi connectivity index (χ1n) is 5.81. The van der Waals surface area contributed by atoms with Gasteiger partial charge in [-0.1, -0.05) is 13.3 Å². The van der Waals surface area contributed by atoms with Gasteiger partial charge in [0.05, 0.1) is 7.11 Å². The van der Waals surface area contributed by atoms with Crippen LogP contribution < -0.4 is 11.1 Å². The van der Waals surface area contributed by atoms with E-state index in [1.165, 1.54) is 7.11 Å². The highest BCUT2D eigenvalue weighted by Crippen LogP contribution is 1.99. The van der Waals surface area contributed by atoms with Crippen molar-refractivity contribution in [1.29, 1.82) is 0 Å². The van der Waals surface area contributed by atoms with E-state index in [9.17, 15) is 4.79 Å². The number of unbranched alkanes of at least 4 members (excludes halogenated alkanes) is 2. The fraction of sp³-hybridized carbons (Fsp3) is 0.818. The van der Waals surface area contributed by atoms with Crippen LogP contribution in [-0.2, 0) is 9.53 Å². The molecule has 0 atom stereocenters. The number of aliphatic imine (C=N–C) groups is 1. The van der Waals surface area contributed by atoms with Crippen molar-refractivity contribution >= 4 is 35.9 Å². The molecule has 102 valence electrons. The number of carbonyl (C=O) groups is 1. The molecule has 0 amide bonds. The summed E-state index contributed by atoms with van der Waals surface area (Å²) in [6, 6.07) is 0. The Morgan fingerprint density at radius 2 is 2.06 bits per heavy atom. The number of hydrogen-bond donors (Lipinski definition) is 2. The van der Waals surface area contributed by atoms with E-state index in [4.69, 9.17) is 5.73 Å². The van der Waals surface area contributed by atoms with Gasteiger partial charge in [0.1, 0.15) is 0 Å². The number of nitrogens with two attached hydrogens (primary N) is 1. The second kappa shape index (κ2) is 13.5. The zero-order chi connectivity index (χ0) is 12.2. The van der Waals surface area contributed by atoms with Crippen LogP contribution in [0.2, 0.25) is 0 Å². The molecule has 0 aromatic carbocycles. The van der Waals surface area contributed by atoms with Crippen LogP contribution in [0.1, 0.15) is 39.0 Å². The summed E-state index contributed by atoms with van der Waals surface area (Å²) in [4.78, 5) is 14.9. The number of rotatable bonds is 8. The van der Waals surface area contributed by atoms with Gasteiger partial charge in [-0.05, 0) is 19.3 Å². The minimum atomic E-state index is -0.142. The Morgan fingerprint density at radius 3 is 2.65 bits per heavy atom. The summed E-state index contributed by atoms with van der Waals surface area (Å²) >= 11 is 0. The van der Waals surface area contributed by atoms with Crippen LogP contribution in [0.3, 0.4) is 0 Å². The maximum Gasteiger partial charge on any atom is 0.305 e. The Kier molecular flexibility index (Phi) is 15.0. The van der Waals surface area contributed by atoms with Crippen LogP contribution in [-0.4, -0.2) is 32.1 Å². The molecule has 0 aliphatic carbocycles. The van der Waals surface area contributed by atoms with Crippen LogP contribution >= 0.6 is 24.0 Å². The van der Waals surface area contributed by atoms with Gasteiger partial charge in [-0.2, -0.15) is 0 Å². The third-order valence-electron chi connectivity index (χ3n) is 2.10. The SMILES string of the molecule is CCCN=C(N)NCCCCCC(=O)OC.I. The molecule has 0 aliphatic heterocycles. The summed E-state index contributed by atoms with van der Waals surface area (Å²) < 4.78 is 4.55. The minimum absolute atomic E-state index is 0. The number of nitrogens with one attached hydrogen (secondary N) is 1. The number of ether oxygens (including phenoxy) is 1. The summed E-state index contributed by atoms with van der Waals surface area (Å²) in [5, 5.41) is 3.03. The molecular weight excluding hydrogens is 333 g/mol. The van der Waals surface area contributed by atoms with Crippen molar-refractivity contribution in [2.24, 2.45) is 10.7 Å². The van der Waals surface area contributed by atoms with E-state index in [0.717, 1.165) is 38.8 Å². The Hall–Kier alpha value is -0.530. The van der Waals surface area contributed by atoms with Gasteiger partial charge in [0.15, 0.2) is 5.96 Å². The molecular formula is C11H24IN3O2. The maximum absolute atomic E-state index is 10.8. The number of esters is 1. The number of methoxy groups -OCH3 is 1. The first-order chi connectivity index (χ1) is 7.70. The summed E-state index contributed by atoms with van der Waals surface area (Å²) in [5.74, 6) is 0.367. The number of hydrogen-bond acceptors (Lipinski definition) is 3. The van der Waals surface area contributed by atoms with Crippen molar-refractivity contribution in [3.63, 3.8) is 0 Å². The lowest BCUT2D eigenvalue weighted by Gasteiger charge is -2.04. The van der Waals surface area contributed by atoms with E-state index in [-0.39, 0.29) is 29.9 Å². The molecule has 0 rings (SSSR count). The zero-order valence-corrected chi connectivity index (χ0v) is 13.0. The molecule has 0 aliphatic rings. The highest BCUT2D eigenvalue weighted by Gasteiger charge is 1.98. The smallest absolute Gasteiger partial charge is 0.305 e. The van der Waals surface area contributed by atoms with Crippen molar-refractivity contribution in [3.05, 3.63) is 0 Å². The number of halogens is 1. The predicted octanol–water partition coefficient (Wildman–Crippen LogP) is 1.65. The van der Waals surface area contributed by atoms with E-state index in [0.29, 0.717) is 12.4 Å². The Morgan fingerprint density at radius 1 is 1.35 bits per heavy atom. The molecule has 0 spiro atoms. The molecule has 0 unspecified atom stereocenters. The largest absolute Gasteiger partial charge is 0.469 e. The Bertz CT molecular complexity index is 223. The fourth-order valence-corrected chi connectivity index (χ4v) is 1.18. The standard InChI is InChI=1S/C11H23N3O2.HI/c1-3-8-13-11(12)14-9-6-4-5-7-10(15)16-2;/h3-9H2,1-2H3,(H3,12,13,14);1H. The fourth-order valence-electron chi connectivity index (χ4n) is 1.18. The van der Waals surface area contributed by atoms with Crippen LogP contribution in [0.15, 0.2) is 4.99 Å². The number of carbonyl (C=O) groups excluding carboxylic acids is 1. The monoisotopic (exact) mass is 357 g/mol. The van der Waals surface area contributed by atoms with Crippen LogP contribution in [0, 0.1) is 0 Å². The first kappa shape index (κ1) is 18.8. The van der Waals surface area contributed by atoms with Crippen molar-refractivity contribution in [2.75, 3.05) is 20.2 Å². The average Bonchev–Trinajstić information content (AvgIpc) is 2.30. The topological polar surface area (TPSA) is 76.7 Å². The van der Waals surface area contributed by atoms with Crippen molar-refractivity contribution in [1.82, 2.24) is 5.32 Å². The molecule has 3 N–H and O–H groups in total. The molecule has 0 saturated carbocycles. The van der Waals surface area contributed by atoms with Gasteiger partial charge in [-0.15, -0.1) is 24.0 Å². The molecule has 0 aromatic rings. The lowest BCUT2D eigenvalue weighted by Crippen LogP contribution is -2.32. The van der Waals surface area contributed by atoms with E-state index < -0.39 is 0 Å². The minimum Gasteiger partial charge on any atom is -0.469 e. The summed E-state index contributed by atoms with van der Waals surface area (Å²) in [6.07, 6.45) is 4.33. The molecule has 0 saturated heterocycles. The molecule has 6 heteroatoms. The van der Waals surface area contributed by atoms with Gasteiger partial charge in [0.2, 0.25) is 0 Å². The molecule has 0 radical (unpaired) electrons. The summed E-state index contributed by atoms with van der Waals surface area (Å²) in [7, 11) is 1.41. The van der Waals surface area contributed by atoms with E-state index in [2.05, 4.69) is 22.0 Å². The van der Waals surface area contributed by atoms with Gasteiger partial charge in [0.25, 0.3) is 0 Å². The van der Waals surface area contributed by atoms with E-state index >= 15 is 0 Å².